The molecule has 0 aromatic heterocycles. The SMILES string of the molecule is COc1cc(C(=O)N2CC3CCC(N)C3C2)ccc1OCC(=O)NC(C)C.Cl. The fourth-order valence-electron chi connectivity index (χ4n) is 4.08. The minimum absolute atomic E-state index is 0. The Morgan fingerprint density at radius 1 is 1.25 bits per heavy atom. The van der Waals surface area contributed by atoms with Crippen molar-refractivity contribution in [1.82, 2.24) is 10.2 Å². The van der Waals surface area contributed by atoms with Crippen LogP contribution in [-0.2, 0) is 4.79 Å². The highest BCUT2D eigenvalue weighted by atomic mass is 35.5. The molecule has 8 heteroatoms. The molecule has 1 aromatic carbocycles. The maximum Gasteiger partial charge on any atom is 0.258 e. The molecular weight excluding hydrogens is 382 g/mol. The minimum atomic E-state index is -0.202. The average molecular weight is 412 g/mol. The number of carbonyl (C=O) groups is 2. The second kappa shape index (κ2) is 9.47. The molecular formula is C20H30ClN3O4. The number of amides is 2. The zero-order chi connectivity index (χ0) is 19.6. The van der Waals surface area contributed by atoms with Gasteiger partial charge in [0.25, 0.3) is 11.8 Å². The molecule has 0 bridgehead atoms. The third kappa shape index (κ3) is 4.89. The summed E-state index contributed by atoms with van der Waals surface area (Å²) in [5.41, 5.74) is 6.72. The van der Waals surface area contributed by atoms with Crippen molar-refractivity contribution in [2.45, 2.75) is 38.8 Å². The third-order valence-electron chi connectivity index (χ3n) is 5.42. The highest BCUT2D eigenvalue weighted by molar-refractivity contribution is 5.95. The van der Waals surface area contributed by atoms with Crippen molar-refractivity contribution >= 4 is 24.2 Å². The number of benzene rings is 1. The number of halogens is 1. The van der Waals surface area contributed by atoms with Crippen LogP contribution in [0.3, 0.4) is 0 Å². The lowest BCUT2D eigenvalue weighted by Crippen LogP contribution is -2.34. The summed E-state index contributed by atoms with van der Waals surface area (Å²) < 4.78 is 10.9. The normalized spacial score (nSPS) is 23.2. The standard InChI is InChI=1S/C20H29N3O4.ClH/c1-12(2)22-19(24)11-27-17-7-5-13(8-18(17)26-3)20(25)23-9-14-4-6-16(21)15(14)10-23;/h5,7-8,12,14-16H,4,6,9-11,21H2,1-3H3,(H,22,24);1H. The molecule has 3 N–H and O–H groups in total. The van der Waals surface area contributed by atoms with Crippen molar-refractivity contribution < 1.29 is 19.1 Å². The molecule has 28 heavy (non-hydrogen) atoms. The Bertz CT molecular complexity index is 713. The van der Waals surface area contributed by atoms with Crippen LogP contribution < -0.4 is 20.5 Å². The molecule has 7 nitrogen and oxygen atoms in total. The molecule has 3 atom stereocenters. The fourth-order valence-corrected chi connectivity index (χ4v) is 4.08. The van der Waals surface area contributed by atoms with Crippen LogP contribution >= 0.6 is 12.4 Å². The van der Waals surface area contributed by atoms with Crippen LogP contribution in [0.25, 0.3) is 0 Å². The van der Waals surface area contributed by atoms with E-state index in [0.29, 0.717) is 28.9 Å². The quantitative estimate of drug-likeness (QED) is 0.744. The van der Waals surface area contributed by atoms with Crippen LogP contribution in [0.15, 0.2) is 18.2 Å². The minimum Gasteiger partial charge on any atom is -0.493 e. The lowest BCUT2D eigenvalue weighted by Gasteiger charge is -2.19. The molecule has 1 heterocycles. The summed E-state index contributed by atoms with van der Waals surface area (Å²) >= 11 is 0. The molecule has 1 aromatic rings. The Morgan fingerprint density at radius 3 is 2.64 bits per heavy atom. The van der Waals surface area contributed by atoms with E-state index in [2.05, 4.69) is 5.32 Å². The summed E-state index contributed by atoms with van der Waals surface area (Å²) in [5, 5.41) is 2.76. The highest BCUT2D eigenvalue weighted by Crippen LogP contribution is 2.38. The predicted octanol–water partition coefficient (Wildman–Crippen LogP) is 1.83. The molecule has 1 saturated heterocycles. The molecule has 0 spiro atoms. The first-order valence-electron chi connectivity index (χ1n) is 9.54. The zero-order valence-corrected chi connectivity index (χ0v) is 17.5. The van der Waals surface area contributed by atoms with Gasteiger partial charge in [0.15, 0.2) is 18.1 Å². The maximum absolute atomic E-state index is 12.9. The third-order valence-corrected chi connectivity index (χ3v) is 5.42. The van der Waals surface area contributed by atoms with Gasteiger partial charge in [-0.05, 0) is 56.7 Å². The first kappa shape index (κ1) is 22.3. The van der Waals surface area contributed by atoms with Crippen molar-refractivity contribution in [2.24, 2.45) is 17.6 Å². The number of methoxy groups -OCH3 is 1. The van der Waals surface area contributed by atoms with Crippen molar-refractivity contribution in [1.29, 1.82) is 0 Å². The first-order chi connectivity index (χ1) is 12.9. The van der Waals surface area contributed by atoms with Gasteiger partial charge in [-0.25, -0.2) is 0 Å². The summed E-state index contributed by atoms with van der Waals surface area (Å²) in [5.74, 6) is 1.60. The van der Waals surface area contributed by atoms with E-state index in [1.165, 1.54) is 7.11 Å². The van der Waals surface area contributed by atoms with E-state index >= 15 is 0 Å². The number of ether oxygens (including phenoxy) is 2. The molecule has 3 rings (SSSR count). The van der Waals surface area contributed by atoms with Gasteiger partial charge < -0.3 is 25.4 Å². The van der Waals surface area contributed by atoms with Crippen LogP contribution in [0, 0.1) is 11.8 Å². The van der Waals surface area contributed by atoms with Gasteiger partial charge >= 0.3 is 0 Å². The molecule has 2 aliphatic rings. The molecule has 1 aliphatic carbocycles. The number of hydrogen-bond acceptors (Lipinski definition) is 5. The number of likely N-dealkylation sites (tertiary alicyclic amines) is 1. The van der Waals surface area contributed by atoms with Gasteiger partial charge in [-0.3, -0.25) is 9.59 Å². The van der Waals surface area contributed by atoms with E-state index < -0.39 is 0 Å². The molecule has 156 valence electrons. The molecule has 1 saturated carbocycles. The number of carbonyl (C=O) groups excluding carboxylic acids is 2. The molecule has 0 radical (unpaired) electrons. The van der Waals surface area contributed by atoms with Crippen LogP contribution in [0.2, 0.25) is 0 Å². The van der Waals surface area contributed by atoms with E-state index in [1.54, 1.807) is 18.2 Å². The van der Waals surface area contributed by atoms with Crippen molar-refractivity contribution in [3.05, 3.63) is 23.8 Å². The maximum atomic E-state index is 12.9. The number of nitrogens with two attached hydrogens (primary N) is 1. The van der Waals surface area contributed by atoms with E-state index in [0.717, 1.165) is 25.9 Å². The van der Waals surface area contributed by atoms with Crippen LogP contribution in [0.4, 0.5) is 0 Å². The van der Waals surface area contributed by atoms with E-state index in [4.69, 9.17) is 15.2 Å². The highest BCUT2D eigenvalue weighted by Gasteiger charge is 2.42. The summed E-state index contributed by atoms with van der Waals surface area (Å²) in [6.45, 7) is 5.17. The van der Waals surface area contributed by atoms with Gasteiger partial charge in [0, 0.05) is 30.7 Å². The zero-order valence-electron chi connectivity index (χ0n) is 16.6. The number of nitrogens with zero attached hydrogens (tertiary/aromatic N) is 1. The van der Waals surface area contributed by atoms with Gasteiger partial charge in [0.05, 0.1) is 7.11 Å². The fraction of sp³-hybridized carbons (Fsp3) is 0.600. The Morgan fingerprint density at radius 2 is 2.00 bits per heavy atom. The molecule has 2 fully saturated rings. The molecule has 2 amide bonds. The van der Waals surface area contributed by atoms with Gasteiger partial charge in [0.1, 0.15) is 0 Å². The van der Waals surface area contributed by atoms with Gasteiger partial charge in [0.2, 0.25) is 0 Å². The van der Waals surface area contributed by atoms with E-state index in [9.17, 15) is 9.59 Å². The Kier molecular flexibility index (Phi) is 7.55. The number of fused-ring (bicyclic) bond motifs is 1. The van der Waals surface area contributed by atoms with Gasteiger partial charge in [-0.15, -0.1) is 12.4 Å². The second-order valence-corrected chi connectivity index (χ2v) is 7.75. The van der Waals surface area contributed by atoms with Crippen LogP contribution in [-0.4, -0.2) is 55.6 Å². The Balaban J connectivity index is 0.00000280. The van der Waals surface area contributed by atoms with Gasteiger partial charge in [-0.1, -0.05) is 0 Å². The van der Waals surface area contributed by atoms with Crippen molar-refractivity contribution in [3.63, 3.8) is 0 Å². The lowest BCUT2D eigenvalue weighted by molar-refractivity contribution is -0.123. The number of rotatable bonds is 6. The Labute approximate surface area is 172 Å². The monoisotopic (exact) mass is 411 g/mol. The molecule has 3 unspecified atom stereocenters. The van der Waals surface area contributed by atoms with Crippen molar-refractivity contribution in [2.75, 3.05) is 26.8 Å². The number of hydrogen-bond donors (Lipinski definition) is 2. The smallest absolute Gasteiger partial charge is 0.258 e. The van der Waals surface area contributed by atoms with E-state index in [1.807, 2.05) is 18.7 Å². The van der Waals surface area contributed by atoms with Crippen LogP contribution in [0.5, 0.6) is 11.5 Å². The van der Waals surface area contributed by atoms with Gasteiger partial charge in [-0.2, -0.15) is 0 Å². The summed E-state index contributed by atoms with van der Waals surface area (Å²) in [6, 6.07) is 5.32. The lowest BCUT2D eigenvalue weighted by atomic mass is 9.98. The summed E-state index contributed by atoms with van der Waals surface area (Å²) in [4.78, 5) is 26.5. The topological polar surface area (TPSA) is 93.9 Å². The Hall–Kier alpha value is -1.99. The van der Waals surface area contributed by atoms with E-state index in [-0.39, 0.29) is 42.9 Å². The second-order valence-electron chi connectivity index (χ2n) is 7.75. The van der Waals surface area contributed by atoms with Crippen molar-refractivity contribution in [3.8, 4) is 11.5 Å². The molecule has 1 aliphatic heterocycles. The average Bonchev–Trinajstić information content (AvgIpc) is 3.21. The van der Waals surface area contributed by atoms with Crippen LogP contribution in [0.1, 0.15) is 37.0 Å². The first-order valence-corrected chi connectivity index (χ1v) is 9.54. The largest absolute Gasteiger partial charge is 0.493 e. The predicted molar refractivity (Wildman–Crippen MR) is 109 cm³/mol. The summed E-state index contributed by atoms with van der Waals surface area (Å²) in [7, 11) is 1.52. The number of nitrogens with one attached hydrogen (secondary N) is 1. The summed E-state index contributed by atoms with van der Waals surface area (Å²) in [6.07, 6.45) is 2.16.